The molecular formula is C18H19Cl2N5O2S. The van der Waals surface area contributed by atoms with E-state index in [0.717, 1.165) is 10.4 Å². The van der Waals surface area contributed by atoms with Gasteiger partial charge in [-0.1, -0.05) is 40.6 Å². The van der Waals surface area contributed by atoms with Gasteiger partial charge < -0.3 is 10.0 Å². The van der Waals surface area contributed by atoms with E-state index in [9.17, 15) is 9.90 Å². The topological polar surface area (TPSA) is 74.0 Å². The molecule has 1 aromatic carbocycles. The number of piperazine rings is 1. The van der Waals surface area contributed by atoms with E-state index in [-0.39, 0.29) is 17.8 Å². The minimum absolute atomic E-state index is 0.0721. The lowest BCUT2D eigenvalue weighted by Crippen LogP contribution is -2.49. The van der Waals surface area contributed by atoms with Gasteiger partial charge in [-0.15, -0.1) is 5.10 Å². The number of aryl methyl sites for hydroxylation is 1. The van der Waals surface area contributed by atoms with Crippen molar-refractivity contribution in [2.75, 3.05) is 26.2 Å². The van der Waals surface area contributed by atoms with Crippen LogP contribution in [0.2, 0.25) is 10.0 Å². The van der Waals surface area contributed by atoms with E-state index in [0.29, 0.717) is 47.0 Å². The molecule has 148 valence electrons. The summed E-state index contributed by atoms with van der Waals surface area (Å²) < 4.78 is 1.46. The third-order valence-electron chi connectivity index (χ3n) is 4.94. The van der Waals surface area contributed by atoms with Crippen LogP contribution < -0.4 is 0 Å². The first-order chi connectivity index (χ1) is 13.3. The van der Waals surface area contributed by atoms with Crippen molar-refractivity contribution in [2.24, 2.45) is 0 Å². The number of aromatic nitrogens is 3. The Morgan fingerprint density at radius 3 is 2.54 bits per heavy atom. The fourth-order valence-electron chi connectivity index (χ4n) is 3.53. The molecule has 1 aliphatic rings. The second-order valence-corrected chi connectivity index (χ2v) is 8.58. The molecule has 1 fully saturated rings. The first-order valence-electron chi connectivity index (χ1n) is 8.84. The molecule has 1 atom stereocenters. The van der Waals surface area contributed by atoms with Crippen LogP contribution in [0.15, 0.2) is 18.2 Å². The second-order valence-electron chi connectivity index (χ2n) is 6.76. The molecule has 1 aliphatic heterocycles. The SMILES string of the molecule is CC(=O)N1CCN(C(c2ccc(Cl)c(Cl)c2)c2sc3nc(C)nn3c2O)CC1. The number of carbonyl (C=O) groups is 1. The lowest BCUT2D eigenvalue weighted by molar-refractivity contribution is -0.130. The number of halogens is 2. The van der Waals surface area contributed by atoms with Crippen molar-refractivity contribution in [2.45, 2.75) is 19.9 Å². The number of hydrogen-bond acceptors (Lipinski definition) is 6. The van der Waals surface area contributed by atoms with Crippen LogP contribution in [-0.4, -0.2) is 61.6 Å². The van der Waals surface area contributed by atoms with Crippen LogP contribution in [0.4, 0.5) is 0 Å². The molecule has 1 saturated heterocycles. The summed E-state index contributed by atoms with van der Waals surface area (Å²) in [6.07, 6.45) is 0. The lowest BCUT2D eigenvalue weighted by Gasteiger charge is -2.38. The molecule has 2 aromatic heterocycles. The molecule has 0 spiro atoms. The maximum Gasteiger partial charge on any atom is 0.230 e. The molecule has 10 heteroatoms. The Balaban J connectivity index is 1.76. The molecular weight excluding hydrogens is 421 g/mol. The van der Waals surface area contributed by atoms with Gasteiger partial charge in [0.2, 0.25) is 16.7 Å². The van der Waals surface area contributed by atoms with E-state index < -0.39 is 0 Å². The summed E-state index contributed by atoms with van der Waals surface area (Å²) in [7, 11) is 0. The third kappa shape index (κ3) is 3.45. The van der Waals surface area contributed by atoms with E-state index in [1.807, 2.05) is 17.0 Å². The first kappa shape index (κ1) is 19.4. The molecule has 0 saturated carbocycles. The fourth-order valence-corrected chi connectivity index (χ4v) is 5.00. The summed E-state index contributed by atoms with van der Waals surface area (Å²) in [5.74, 6) is 0.753. The molecule has 0 aliphatic carbocycles. The minimum atomic E-state index is -0.238. The molecule has 4 rings (SSSR count). The highest BCUT2D eigenvalue weighted by Crippen LogP contribution is 2.41. The van der Waals surface area contributed by atoms with Crippen molar-refractivity contribution < 1.29 is 9.90 Å². The van der Waals surface area contributed by atoms with Crippen LogP contribution in [0.1, 0.15) is 29.2 Å². The van der Waals surface area contributed by atoms with Crippen molar-refractivity contribution in [1.29, 1.82) is 0 Å². The van der Waals surface area contributed by atoms with Gasteiger partial charge in [-0.2, -0.15) is 4.52 Å². The van der Waals surface area contributed by atoms with Crippen LogP contribution in [0.3, 0.4) is 0 Å². The second kappa shape index (κ2) is 7.51. The zero-order valence-corrected chi connectivity index (χ0v) is 17.7. The number of thiazole rings is 1. The predicted molar refractivity (Wildman–Crippen MR) is 109 cm³/mol. The predicted octanol–water partition coefficient (Wildman–Crippen LogP) is 3.37. The Morgan fingerprint density at radius 1 is 1.21 bits per heavy atom. The maximum atomic E-state index is 11.7. The van der Waals surface area contributed by atoms with Crippen molar-refractivity contribution in [3.05, 3.63) is 44.5 Å². The van der Waals surface area contributed by atoms with Gasteiger partial charge in [-0.05, 0) is 24.6 Å². The Hall–Kier alpha value is -1.87. The van der Waals surface area contributed by atoms with E-state index >= 15 is 0 Å². The van der Waals surface area contributed by atoms with Gasteiger partial charge in [0.1, 0.15) is 5.82 Å². The molecule has 1 amide bonds. The van der Waals surface area contributed by atoms with E-state index in [1.165, 1.54) is 15.9 Å². The molecule has 0 bridgehead atoms. The number of nitrogens with zero attached hydrogens (tertiary/aromatic N) is 5. The summed E-state index contributed by atoms with van der Waals surface area (Å²) in [4.78, 5) is 21.5. The molecule has 0 radical (unpaired) electrons. The monoisotopic (exact) mass is 439 g/mol. The largest absolute Gasteiger partial charge is 0.492 e. The highest BCUT2D eigenvalue weighted by molar-refractivity contribution is 7.17. The van der Waals surface area contributed by atoms with E-state index in [4.69, 9.17) is 23.2 Å². The Morgan fingerprint density at radius 2 is 1.93 bits per heavy atom. The van der Waals surface area contributed by atoms with Crippen LogP contribution in [0, 0.1) is 6.92 Å². The summed E-state index contributed by atoms with van der Waals surface area (Å²) >= 11 is 13.8. The average molecular weight is 440 g/mol. The number of amides is 1. The van der Waals surface area contributed by atoms with Gasteiger partial charge in [0.15, 0.2) is 0 Å². The van der Waals surface area contributed by atoms with E-state index in [2.05, 4.69) is 15.0 Å². The van der Waals surface area contributed by atoms with Crippen molar-refractivity contribution in [1.82, 2.24) is 24.4 Å². The number of aromatic hydroxyl groups is 1. The standard InChI is InChI=1S/C18H19Cl2N5O2S/c1-10-21-18-25(22-10)17(27)16(28-18)15(12-3-4-13(19)14(20)9-12)24-7-5-23(6-8-24)11(2)26/h3-4,9,15,27H,5-8H2,1-2H3. The Labute approximate surface area is 176 Å². The van der Waals surface area contributed by atoms with E-state index in [1.54, 1.807) is 19.9 Å². The van der Waals surface area contributed by atoms with Crippen LogP contribution in [0.5, 0.6) is 5.88 Å². The van der Waals surface area contributed by atoms with Crippen molar-refractivity contribution >= 4 is 45.4 Å². The average Bonchev–Trinajstić information content (AvgIpc) is 3.16. The Bertz CT molecular complexity index is 1040. The third-order valence-corrected chi connectivity index (χ3v) is 6.75. The molecule has 1 N–H and O–H groups in total. The highest BCUT2D eigenvalue weighted by atomic mass is 35.5. The smallest absolute Gasteiger partial charge is 0.230 e. The molecule has 3 heterocycles. The number of fused-ring (bicyclic) bond motifs is 1. The lowest BCUT2D eigenvalue weighted by atomic mass is 10.0. The normalized spacial score (nSPS) is 16.6. The highest BCUT2D eigenvalue weighted by Gasteiger charge is 2.32. The zero-order chi connectivity index (χ0) is 20.0. The first-order valence-corrected chi connectivity index (χ1v) is 10.4. The molecule has 3 aromatic rings. The van der Waals surface area contributed by atoms with Crippen LogP contribution in [-0.2, 0) is 4.79 Å². The molecule has 1 unspecified atom stereocenters. The number of hydrogen-bond donors (Lipinski definition) is 1. The van der Waals surface area contributed by atoms with Crippen molar-refractivity contribution in [3.8, 4) is 5.88 Å². The summed E-state index contributed by atoms with van der Waals surface area (Å²) in [5.41, 5.74) is 0.919. The maximum absolute atomic E-state index is 11.7. The van der Waals surface area contributed by atoms with Gasteiger partial charge >= 0.3 is 0 Å². The Kier molecular flexibility index (Phi) is 5.22. The van der Waals surface area contributed by atoms with Gasteiger partial charge in [0.05, 0.1) is 21.0 Å². The summed E-state index contributed by atoms with van der Waals surface area (Å²) in [6.45, 7) is 5.99. The van der Waals surface area contributed by atoms with Gasteiger partial charge in [-0.25, -0.2) is 4.98 Å². The van der Waals surface area contributed by atoms with Gasteiger partial charge in [-0.3, -0.25) is 9.69 Å². The molecule has 28 heavy (non-hydrogen) atoms. The summed E-state index contributed by atoms with van der Waals surface area (Å²) in [5, 5.41) is 16.1. The quantitative estimate of drug-likeness (QED) is 0.676. The van der Waals surface area contributed by atoms with Crippen LogP contribution in [0.25, 0.3) is 4.96 Å². The minimum Gasteiger partial charge on any atom is -0.492 e. The zero-order valence-electron chi connectivity index (χ0n) is 15.4. The van der Waals surface area contributed by atoms with Gasteiger partial charge in [0.25, 0.3) is 0 Å². The van der Waals surface area contributed by atoms with Gasteiger partial charge in [0, 0.05) is 33.1 Å². The fraction of sp³-hybridized carbons (Fsp3) is 0.389. The van der Waals surface area contributed by atoms with Crippen LogP contribution >= 0.6 is 34.5 Å². The number of benzene rings is 1. The molecule has 7 nitrogen and oxygen atoms in total. The summed E-state index contributed by atoms with van der Waals surface area (Å²) in [6, 6.07) is 5.26. The number of rotatable bonds is 3. The van der Waals surface area contributed by atoms with Crippen molar-refractivity contribution in [3.63, 3.8) is 0 Å². The number of carbonyl (C=O) groups excluding carboxylic acids is 1.